The molecule has 1 rings (SSSR count). The van der Waals surface area contributed by atoms with Crippen molar-refractivity contribution in [2.75, 3.05) is 51.2 Å². The molecule has 1 N–H and O–H groups in total. The molecule has 0 saturated carbocycles. The fourth-order valence-corrected chi connectivity index (χ4v) is 2.15. The first kappa shape index (κ1) is 16.1. The highest BCUT2D eigenvalue weighted by Gasteiger charge is 2.19. The van der Waals surface area contributed by atoms with Gasteiger partial charge >= 0.3 is 0 Å². The Morgan fingerprint density at radius 3 is 2.74 bits per heavy atom. The van der Waals surface area contributed by atoms with Crippen molar-refractivity contribution in [3.8, 4) is 0 Å². The van der Waals surface area contributed by atoms with Crippen LogP contribution in [0.1, 0.15) is 6.92 Å². The molecule has 1 aromatic heterocycles. The maximum Gasteiger partial charge on any atom is 0.224 e. The first-order chi connectivity index (χ1) is 9.13. The summed E-state index contributed by atoms with van der Waals surface area (Å²) in [5.41, 5.74) is 0. The van der Waals surface area contributed by atoms with Crippen LogP contribution in [0.25, 0.3) is 0 Å². The molecule has 0 bridgehead atoms. The van der Waals surface area contributed by atoms with Crippen molar-refractivity contribution in [1.29, 1.82) is 0 Å². The van der Waals surface area contributed by atoms with Gasteiger partial charge in [0.05, 0.1) is 23.7 Å². The summed E-state index contributed by atoms with van der Waals surface area (Å²) in [6.45, 7) is 4.07. The number of hydrogen-bond acceptors (Lipinski definition) is 6. The van der Waals surface area contributed by atoms with Crippen molar-refractivity contribution >= 4 is 27.7 Å². The number of hydrogen-bond donors (Lipinski definition) is 1. The predicted octanol–water partition coefficient (Wildman–Crippen LogP) is 1.77. The van der Waals surface area contributed by atoms with Crippen molar-refractivity contribution in [2.24, 2.45) is 0 Å². The van der Waals surface area contributed by atoms with E-state index < -0.39 is 0 Å². The summed E-state index contributed by atoms with van der Waals surface area (Å²) in [7, 11) is 5.18. The van der Waals surface area contributed by atoms with Gasteiger partial charge in [-0.15, -0.1) is 0 Å². The highest BCUT2D eigenvalue weighted by Crippen LogP contribution is 2.25. The molecule has 6 nitrogen and oxygen atoms in total. The summed E-state index contributed by atoms with van der Waals surface area (Å²) in [5.74, 6) is 1.42. The van der Waals surface area contributed by atoms with Gasteiger partial charge in [-0.05, 0) is 22.9 Å². The number of anilines is 2. The van der Waals surface area contributed by atoms with Gasteiger partial charge in [0.15, 0.2) is 0 Å². The van der Waals surface area contributed by atoms with Crippen LogP contribution in [0.2, 0.25) is 0 Å². The molecule has 0 amide bonds. The molecule has 0 aliphatic heterocycles. The van der Waals surface area contributed by atoms with E-state index in [9.17, 15) is 0 Å². The Bertz CT molecular complexity index is 392. The number of halogens is 1. The van der Waals surface area contributed by atoms with Gasteiger partial charge in [0, 0.05) is 34.0 Å². The Morgan fingerprint density at radius 1 is 1.42 bits per heavy atom. The molecule has 1 aromatic rings. The van der Waals surface area contributed by atoms with E-state index >= 15 is 0 Å². The Morgan fingerprint density at radius 2 is 2.16 bits per heavy atom. The molecule has 108 valence electrons. The minimum Gasteiger partial charge on any atom is -0.383 e. The third kappa shape index (κ3) is 4.59. The van der Waals surface area contributed by atoms with Crippen molar-refractivity contribution in [1.82, 2.24) is 9.97 Å². The lowest BCUT2D eigenvalue weighted by Gasteiger charge is -2.30. The van der Waals surface area contributed by atoms with E-state index in [0.717, 1.165) is 16.8 Å². The maximum atomic E-state index is 5.23. The van der Waals surface area contributed by atoms with Gasteiger partial charge in [-0.25, -0.2) is 4.98 Å². The van der Waals surface area contributed by atoms with Crippen LogP contribution in [0.15, 0.2) is 10.7 Å². The van der Waals surface area contributed by atoms with Crippen LogP contribution in [0.3, 0.4) is 0 Å². The Balaban J connectivity index is 3.00. The lowest BCUT2D eigenvalue weighted by Crippen LogP contribution is -2.39. The number of nitrogens with one attached hydrogen (secondary N) is 1. The first-order valence-corrected chi connectivity index (χ1v) is 6.88. The smallest absolute Gasteiger partial charge is 0.224 e. The average molecular weight is 333 g/mol. The molecule has 19 heavy (non-hydrogen) atoms. The van der Waals surface area contributed by atoms with Crippen LogP contribution in [-0.2, 0) is 9.47 Å². The molecule has 0 aliphatic carbocycles. The summed E-state index contributed by atoms with van der Waals surface area (Å²) < 4.78 is 11.2. The van der Waals surface area contributed by atoms with E-state index in [0.29, 0.717) is 19.2 Å². The first-order valence-electron chi connectivity index (χ1n) is 6.08. The van der Waals surface area contributed by atoms with Gasteiger partial charge in [0.1, 0.15) is 5.82 Å². The lowest BCUT2D eigenvalue weighted by atomic mass is 10.3. The summed E-state index contributed by atoms with van der Waals surface area (Å²) in [6, 6.07) is 0.191. The minimum atomic E-state index is 0.191. The highest BCUT2D eigenvalue weighted by molar-refractivity contribution is 9.10. The van der Waals surface area contributed by atoms with Crippen LogP contribution < -0.4 is 10.2 Å². The Kier molecular flexibility index (Phi) is 7.04. The Labute approximate surface area is 122 Å². The second-order valence-electron chi connectivity index (χ2n) is 4.11. The molecule has 0 aromatic carbocycles. The van der Waals surface area contributed by atoms with Gasteiger partial charge in [0.2, 0.25) is 5.95 Å². The van der Waals surface area contributed by atoms with Crippen molar-refractivity contribution in [2.45, 2.75) is 13.0 Å². The predicted molar refractivity (Wildman–Crippen MR) is 79.8 cm³/mol. The number of methoxy groups -OCH3 is 2. The zero-order valence-electron chi connectivity index (χ0n) is 11.8. The zero-order valence-corrected chi connectivity index (χ0v) is 13.4. The van der Waals surface area contributed by atoms with E-state index in [2.05, 4.69) is 43.0 Å². The standard InChI is InChI=1S/C12H21BrN4O2/c1-9(8-19-4)17(5-6-18-3)11-10(13)7-15-12(14-2)16-11/h7,9H,5-6,8H2,1-4H3,(H,14,15,16). The number of nitrogens with zero attached hydrogens (tertiary/aromatic N) is 3. The van der Waals surface area contributed by atoms with E-state index in [-0.39, 0.29) is 6.04 Å². The molecular formula is C12H21BrN4O2. The molecule has 7 heteroatoms. The quantitative estimate of drug-likeness (QED) is 0.782. The van der Waals surface area contributed by atoms with Gasteiger partial charge in [-0.2, -0.15) is 4.98 Å². The zero-order chi connectivity index (χ0) is 14.3. The van der Waals surface area contributed by atoms with Crippen LogP contribution in [0, 0.1) is 0 Å². The third-order valence-corrected chi connectivity index (χ3v) is 3.26. The molecule has 0 saturated heterocycles. The summed E-state index contributed by atoms with van der Waals surface area (Å²) in [6.07, 6.45) is 1.74. The Hall–Kier alpha value is -0.920. The topological polar surface area (TPSA) is 59.5 Å². The summed E-state index contributed by atoms with van der Waals surface area (Å²) in [5, 5.41) is 2.94. The number of aromatic nitrogens is 2. The van der Waals surface area contributed by atoms with E-state index in [1.54, 1.807) is 27.5 Å². The van der Waals surface area contributed by atoms with Gasteiger partial charge in [0.25, 0.3) is 0 Å². The van der Waals surface area contributed by atoms with E-state index in [1.165, 1.54) is 0 Å². The van der Waals surface area contributed by atoms with Crippen molar-refractivity contribution in [3.05, 3.63) is 10.7 Å². The van der Waals surface area contributed by atoms with Gasteiger partial charge < -0.3 is 19.7 Å². The second kappa shape index (κ2) is 8.29. The van der Waals surface area contributed by atoms with Crippen LogP contribution >= 0.6 is 15.9 Å². The minimum absolute atomic E-state index is 0.191. The molecule has 0 aliphatic rings. The molecular weight excluding hydrogens is 312 g/mol. The van der Waals surface area contributed by atoms with Crippen molar-refractivity contribution in [3.63, 3.8) is 0 Å². The molecule has 0 spiro atoms. The summed E-state index contributed by atoms with van der Waals surface area (Å²) in [4.78, 5) is 10.8. The SMILES string of the molecule is CNc1ncc(Br)c(N(CCOC)C(C)COC)n1. The average Bonchev–Trinajstić information content (AvgIpc) is 2.41. The third-order valence-electron chi connectivity index (χ3n) is 2.70. The fraction of sp³-hybridized carbons (Fsp3) is 0.667. The molecule has 1 heterocycles. The van der Waals surface area contributed by atoms with Crippen LogP contribution in [-0.4, -0.2) is 57.0 Å². The molecule has 1 atom stereocenters. The van der Waals surface area contributed by atoms with Gasteiger partial charge in [-0.3, -0.25) is 0 Å². The monoisotopic (exact) mass is 332 g/mol. The number of ether oxygens (including phenoxy) is 2. The molecule has 1 unspecified atom stereocenters. The van der Waals surface area contributed by atoms with E-state index in [1.807, 2.05) is 0 Å². The van der Waals surface area contributed by atoms with E-state index in [4.69, 9.17) is 9.47 Å². The normalized spacial score (nSPS) is 12.3. The van der Waals surface area contributed by atoms with Crippen LogP contribution in [0.5, 0.6) is 0 Å². The molecule has 0 radical (unpaired) electrons. The van der Waals surface area contributed by atoms with Crippen LogP contribution in [0.4, 0.5) is 11.8 Å². The highest BCUT2D eigenvalue weighted by atomic mass is 79.9. The second-order valence-corrected chi connectivity index (χ2v) is 4.96. The number of rotatable bonds is 8. The van der Waals surface area contributed by atoms with Gasteiger partial charge in [-0.1, -0.05) is 0 Å². The summed E-state index contributed by atoms with van der Waals surface area (Å²) >= 11 is 3.50. The maximum absolute atomic E-state index is 5.23. The largest absolute Gasteiger partial charge is 0.383 e. The fourth-order valence-electron chi connectivity index (χ4n) is 1.74. The van der Waals surface area contributed by atoms with Crippen molar-refractivity contribution < 1.29 is 9.47 Å². The lowest BCUT2D eigenvalue weighted by molar-refractivity contribution is 0.170. The molecule has 0 fully saturated rings.